The van der Waals surface area contributed by atoms with Gasteiger partial charge in [-0.2, -0.15) is 4.98 Å². The smallest absolute Gasteiger partial charge is 0.330 e. The molecule has 2 saturated heterocycles. The van der Waals surface area contributed by atoms with Crippen molar-refractivity contribution in [3.63, 3.8) is 0 Å². The van der Waals surface area contributed by atoms with Gasteiger partial charge in [0.2, 0.25) is 5.95 Å². The van der Waals surface area contributed by atoms with Gasteiger partial charge in [-0.05, 0) is 23.2 Å². The Morgan fingerprint density at radius 1 is 1.46 bits per heavy atom. The van der Waals surface area contributed by atoms with Gasteiger partial charge in [-0.3, -0.25) is 14.3 Å². The summed E-state index contributed by atoms with van der Waals surface area (Å²) < 4.78 is 18.8. The molecule has 2 aliphatic heterocycles. The Kier molecular flexibility index (Phi) is 4.64. The molecule has 148 valence electrons. The zero-order valence-corrected chi connectivity index (χ0v) is 16.5. The molecule has 5 N–H and O–H groups in total. The van der Waals surface area contributed by atoms with Gasteiger partial charge in [-0.15, -0.1) is 11.3 Å². The number of aliphatic hydroxyl groups excluding tert-OH is 1. The molecule has 0 aromatic carbocycles. The van der Waals surface area contributed by atoms with Gasteiger partial charge in [0.05, 0.1) is 10.8 Å². The third-order valence-electron chi connectivity index (χ3n) is 4.35. The van der Waals surface area contributed by atoms with Gasteiger partial charge in [0.1, 0.15) is 18.3 Å². The summed E-state index contributed by atoms with van der Waals surface area (Å²) >= 11 is 2.82. The first kappa shape index (κ1) is 18.5. The maximum absolute atomic E-state index is 12.3. The Balaban J connectivity index is 1.63. The normalized spacial score (nSPS) is 30.0. The Labute approximate surface area is 166 Å². The summed E-state index contributed by atoms with van der Waals surface area (Å²) in [5.74, 6) is -0.0744. The van der Waals surface area contributed by atoms with Crippen LogP contribution in [-0.2, 0) is 13.8 Å². The van der Waals surface area contributed by atoms with E-state index in [0.717, 1.165) is 4.21 Å². The number of anilines is 1. The summed E-state index contributed by atoms with van der Waals surface area (Å²) in [6, 6.07) is 3.81. The summed E-state index contributed by atoms with van der Waals surface area (Å²) in [6.07, 6.45) is -3.43. The molecule has 5 rings (SSSR count). The van der Waals surface area contributed by atoms with Crippen LogP contribution < -0.4 is 11.3 Å². The van der Waals surface area contributed by atoms with Crippen LogP contribution in [0.4, 0.5) is 5.95 Å². The molecule has 0 saturated carbocycles. The summed E-state index contributed by atoms with van der Waals surface area (Å²) in [6.45, 7) is 0.0800. The number of nitrogens with two attached hydrogens (primary N) is 1. The number of H-pyrrole nitrogens is 1. The molecule has 0 aliphatic carbocycles. The Morgan fingerprint density at radius 2 is 2.32 bits per heavy atom. The van der Waals surface area contributed by atoms with Crippen molar-refractivity contribution in [1.82, 2.24) is 19.5 Å². The number of nitrogens with zero attached hydrogens (tertiary/aromatic N) is 3. The van der Waals surface area contributed by atoms with E-state index in [9.17, 15) is 14.8 Å². The highest BCUT2D eigenvalue weighted by atomic mass is 32.2. The van der Waals surface area contributed by atoms with E-state index in [4.69, 9.17) is 19.5 Å². The average molecular weight is 443 g/mol. The number of hydrogen-bond donors (Lipinski definition) is 4. The third kappa shape index (κ3) is 3.04. The summed E-state index contributed by atoms with van der Waals surface area (Å²) in [4.78, 5) is 33.0. The number of nitrogens with one attached hydrogen (secondary N) is 1. The first-order valence-electron chi connectivity index (χ1n) is 8.12. The van der Waals surface area contributed by atoms with Crippen LogP contribution in [0.25, 0.3) is 11.2 Å². The first-order chi connectivity index (χ1) is 13.5. The lowest BCUT2D eigenvalue weighted by Crippen LogP contribution is -2.38. The van der Waals surface area contributed by atoms with E-state index in [1.807, 2.05) is 17.5 Å². The molecule has 0 amide bonds. The number of aromatic nitrogens is 4. The van der Waals surface area contributed by atoms with E-state index in [-0.39, 0.29) is 23.7 Å². The van der Waals surface area contributed by atoms with Gasteiger partial charge in [0.25, 0.3) is 5.56 Å². The number of ether oxygens (including phenoxy) is 1. The molecule has 2 aliphatic rings. The molecule has 0 spiro atoms. The predicted molar refractivity (Wildman–Crippen MR) is 101 cm³/mol. The minimum Gasteiger partial charge on any atom is -0.386 e. The zero-order chi connectivity index (χ0) is 19.4. The lowest BCUT2D eigenvalue weighted by Gasteiger charge is -2.27. The summed E-state index contributed by atoms with van der Waals surface area (Å²) in [7, 11) is -2.07. The van der Waals surface area contributed by atoms with Crippen LogP contribution >= 0.6 is 31.7 Å². The minimum absolute atomic E-state index is 0.0744. The lowest BCUT2D eigenvalue weighted by atomic mass is 10.1. The van der Waals surface area contributed by atoms with E-state index in [1.165, 1.54) is 27.7 Å². The summed E-state index contributed by atoms with van der Waals surface area (Å²) in [5, 5.41) is 13.1. The van der Waals surface area contributed by atoms with Crippen molar-refractivity contribution in [1.29, 1.82) is 0 Å². The fourth-order valence-corrected chi connectivity index (χ4v) is 5.75. The molecule has 0 bridgehead atoms. The molecular formula is C14H14N5O6PS2. The van der Waals surface area contributed by atoms with Crippen LogP contribution in [0.1, 0.15) is 6.23 Å². The van der Waals surface area contributed by atoms with Crippen LogP contribution in [0, 0.1) is 0 Å². The topological polar surface area (TPSA) is 158 Å². The fourth-order valence-electron chi connectivity index (χ4n) is 3.16. The lowest BCUT2D eigenvalue weighted by molar-refractivity contribution is -0.0614. The van der Waals surface area contributed by atoms with E-state index in [1.54, 1.807) is 0 Å². The fraction of sp³-hybridized carbons (Fsp3) is 0.357. The zero-order valence-electron chi connectivity index (χ0n) is 14.0. The molecule has 5 atom stereocenters. The second kappa shape index (κ2) is 7.04. The molecule has 5 unspecified atom stereocenters. The Morgan fingerprint density at radius 3 is 3.11 bits per heavy atom. The van der Waals surface area contributed by atoms with Crippen LogP contribution in [0.5, 0.6) is 0 Å². The van der Waals surface area contributed by atoms with Crippen LogP contribution in [-0.4, -0.2) is 54.4 Å². The minimum atomic E-state index is -2.07. The summed E-state index contributed by atoms with van der Waals surface area (Å²) in [5.41, 5.74) is 5.50. The van der Waals surface area contributed by atoms with Crippen molar-refractivity contribution in [3.8, 4) is 0 Å². The molecule has 2 fully saturated rings. The van der Waals surface area contributed by atoms with Gasteiger partial charge >= 0.3 is 8.60 Å². The van der Waals surface area contributed by atoms with E-state index in [2.05, 4.69) is 15.0 Å². The van der Waals surface area contributed by atoms with E-state index in [0.29, 0.717) is 5.16 Å². The van der Waals surface area contributed by atoms with Gasteiger partial charge in [-0.25, -0.2) is 4.98 Å². The molecule has 11 nitrogen and oxygen atoms in total. The third-order valence-corrected chi connectivity index (χ3v) is 7.15. The van der Waals surface area contributed by atoms with Crippen LogP contribution in [0.2, 0.25) is 0 Å². The standard InChI is InChI=1S/C14H14N5O6PS2/c15-13-17-10-7(11(21)18-13)16-14(28-6-2-1-3-27-6)19(10)12-8(20)9-5(24-12)4-23-26(22)25-9/h1-3,5,8-9,12,20,22H,4H2,(H3,15,17,18,21). The SMILES string of the molecule is Nc1nc2c(nc(Sc3cccs3)n2C2OC3COP(O)OC3C2O)c(=O)[nH]1. The van der Waals surface area contributed by atoms with Crippen molar-refractivity contribution in [3.05, 3.63) is 27.9 Å². The molecule has 0 radical (unpaired) electrons. The number of thiophene rings is 1. The molecule has 3 aromatic rings. The maximum atomic E-state index is 12.3. The van der Waals surface area contributed by atoms with Gasteiger partial charge < -0.3 is 29.5 Å². The first-order valence-corrected chi connectivity index (χ1v) is 10.9. The second-order valence-electron chi connectivity index (χ2n) is 6.08. The number of nitrogen functional groups attached to an aromatic ring is 1. The van der Waals surface area contributed by atoms with Crippen molar-refractivity contribution in [2.45, 2.75) is 33.9 Å². The van der Waals surface area contributed by atoms with Crippen molar-refractivity contribution in [2.75, 3.05) is 12.3 Å². The van der Waals surface area contributed by atoms with Crippen molar-refractivity contribution < 1.29 is 23.8 Å². The number of fused-ring (bicyclic) bond motifs is 2. The molecule has 5 heterocycles. The number of aromatic amines is 1. The number of rotatable bonds is 3. The maximum Gasteiger partial charge on any atom is 0.330 e. The largest absolute Gasteiger partial charge is 0.386 e. The van der Waals surface area contributed by atoms with E-state index < -0.39 is 38.7 Å². The van der Waals surface area contributed by atoms with Gasteiger partial charge in [0, 0.05) is 0 Å². The van der Waals surface area contributed by atoms with E-state index >= 15 is 0 Å². The number of imidazole rings is 1. The van der Waals surface area contributed by atoms with Crippen molar-refractivity contribution in [2.24, 2.45) is 0 Å². The van der Waals surface area contributed by atoms with Crippen molar-refractivity contribution >= 4 is 48.8 Å². The average Bonchev–Trinajstić information content (AvgIpc) is 3.35. The van der Waals surface area contributed by atoms with Gasteiger partial charge in [0.15, 0.2) is 22.5 Å². The Hall–Kier alpha value is -1.57. The monoisotopic (exact) mass is 443 g/mol. The number of hydrogen-bond acceptors (Lipinski definition) is 11. The molecular weight excluding hydrogens is 429 g/mol. The highest BCUT2D eigenvalue weighted by molar-refractivity contribution is 8.01. The quantitative estimate of drug-likeness (QED) is 0.427. The predicted octanol–water partition coefficient (Wildman–Crippen LogP) is 0.807. The molecule has 14 heteroatoms. The van der Waals surface area contributed by atoms with Crippen LogP contribution in [0.3, 0.4) is 0 Å². The highest BCUT2D eigenvalue weighted by Crippen LogP contribution is 2.47. The second-order valence-corrected chi connectivity index (χ2v) is 9.24. The highest BCUT2D eigenvalue weighted by Gasteiger charge is 2.50. The molecule has 28 heavy (non-hydrogen) atoms. The number of aliphatic hydroxyl groups is 1. The van der Waals surface area contributed by atoms with Crippen LogP contribution in [0.15, 0.2) is 31.7 Å². The Bertz CT molecular complexity index is 1070. The van der Waals surface area contributed by atoms with Gasteiger partial charge in [-0.1, -0.05) is 6.07 Å². The molecule has 3 aromatic heterocycles.